The summed E-state index contributed by atoms with van der Waals surface area (Å²) in [6.45, 7) is 6.28. The average molecular weight is 264 g/mol. The van der Waals surface area contributed by atoms with Gasteiger partial charge >= 0.3 is 5.97 Å². The molecule has 5 atom stereocenters. The van der Waals surface area contributed by atoms with E-state index >= 15 is 0 Å². The van der Waals surface area contributed by atoms with Gasteiger partial charge in [0.25, 0.3) is 0 Å². The molecule has 0 aromatic rings. The van der Waals surface area contributed by atoms with Crippen LogP contribution in [-0.4, -0.2) is 23.3 Å². The van der Waals surface area contributed by atoms with Gasteiger partial charge in [0.2, 0.25) is 0 Å². The molecule has 3 fully saturated rings. The third-order valence-electron chi connectivity index (χ3n) is 6.18. The van der Waals surface area contributed by atoms with Gasteiger partial charge in [-0.05, 0) is 42.9 Å². The van der Waals surface area contributed by atoms with E-state index in [1.807, 2.05) is 0 Å². The van der Waals surface area contributed by atoms with Crippen LogP contribution < -0.4 is 0 Å². The molecule has 1 saturated heterocycles. The molecular weight excluding hydrogens is 240 g/mol. The molecule has 3 aliphatic rings. The lowest BCUT2D eigenvalue weighted by Gasteiger charge is -2.56. The van der Waals surface area contributed by atoms with Crippen LogP contribution >= 0.6 is 0 Å². The molecule has 3 rings (SSSR count). The van der Waals surface area contributed by atoms with Gasteiger partial charge in [0, 0.05) is 5.92 Å². The summed E-state index contributed by atoms with van der Waals surface area (Å²) in [5.74, 6) is 1.21. The molecule has 2 saturated carbocycles. The quantitative estimate of drug-likeness (QED) is 0.616. The minimum absolute atomic E-state index is 0.0233. The summed E-state index contributed by atoms with van der Waals surface area (Å²) in [4.78, 5) is 11.8. The van der Waals surface area contributed by atoms with Crippen molar-refractivity contribution in [1.82, 2.24) is 0 Å². The molecule has 106 valence electrons. The number of fused-ring (bicyclic) bond motifs is 3. The fourth-order valence-corrected chi connectivity index (χ4v) is 5.23. The molecule has 2 aliphatic carbocycles. The molecule has 0 bridgehead atoms. The van der Waals surface area contributed by atoms with Gasteiger partial charge in [-0.3, -0.25) is 4.79 Å². The Kier molecular flexibility index (Phi) is 3.01. The van der Waals surface area contributed by atoms with Crippen LogP contribution in [0.15, 0.2) is 12.7 Å². The molecule has 0 amide bonds. The lowest BCUT2D eigenvalue weighted by molar-refractivity contribution is -0.171. The first-order chi connectivity index (χ1) is 9.05. The number of allylic oxidation sites excluding steroid dienone is 1. The van der Waals surface area contributed by atoms with Crippen LogP contribution in [-0.2, 0) is 9.53 Å². The maximum Gasteiger partial charge on any atom is 0.306 e. The molecule has 3 nitrogen and oxygen atoms in total. The first-order valence-electron chi connectivity index (χ1n) is 7.51. The van der Waals surface area contributed by atoms with Gasteiger partial charge in [-0.2, -0.15) is 0 Å². The van der Waals surface area contributed by atoms with Crippen LogP contribution in [0.2, 0.25) is 0 Å². The summed E-state index contributed by atoms with van der Waals surface area (Å²) in [6.07, 6.45) is 7.99. The number of carbonyl (C=O) groups is 1. The van der Waals surface area contributed by atoms with E-state index in [-0.39, 0.29) is 23.9 Å². The first kappa shape index (κ1) is 13.2. The van der Waals surface area contributed by atoms with Crippen LogP contribution in [0.5, 0.6) is 0 Å². The molecular formula is C16H24O3. The highest BCUT2D eigenvalue weighted by atomic mass is 16.6. The van der Waals surface area contributed by atoms with Crippen molar-refractivity contribution in [2.24, 2.45) is 23.2 Å². The lowest BCUT2D eigenvalue weighted by atomic mass is 9.49. The molecule has 1 heterocycles. The van der Waals surface area contributed by atoms with Crippen molar-refractivity contribution in [3.8, 4) is 0 Å². The number of hydrogen-bond donors (Lipinski definition) is 1. The average Bonchev–Trinajstić information content (AvgIpc) is 2.76. The zero-order valence-electron chi connectivity index (χ0n) is 11.7. The van der Waals surface area contributed by atoms with E-state index in [9.17, 15) is 9.90 Å². The van der Waals surface area contributed by atoms with Gasteiger partial charge in [0.05, 0.1) is 13.0 Å². The molecule has 1 unspecified atom stereocenters. The highest BCUT2D eigenvalue weighted by molar-refractivity contribution is 5.73. The summed E-state index contributed by atoms with van der Waals surface area (Å²) in [7, 11) is 0. The first-order valence-corrected chi connectivity index (χ1v) is 7.51. The normalized spacial score (nSPS) is 49.2. The molecule has 1 aliphatic heterocycles. The van der Waals surface area contributed by atoms with Crippen molar-refractivity contribution < 1.29 is 14.6 Å². The van der Waals surface area contributed by atoms with E-state index in [4.69, 9.17) is 4.74 Å². The Bertz CT molecular complexity index is 405. The van der Waals surface area contributed by atoms with Crippen molar-refractivity contribution in [3.63, 3.8) is 0 Å². The van der Waals surface area contributed by atoms with E-state index in [0.717, 1.165) is 19.3 Å². The van der Waals surface area contributed by atoms with Crippen molar-refractivity contribution in [1.29, 1.82) is 0 Å². The molecule has 0 spiro atoms. The fourth-order valence-electron chi connectivity index (χ4n) is 5.23. The second-order valence-corrected chi connectivity index (χ2v) is 6.90. The van der Waals surface area contributed by atoms with Gasteiger partial charge in [0.1, 0.15) is 5.60 Å². The summed E-state index contributed by atoms with van der Waals surface area (Å²) < 4.78 is 5.57. The SMILES string of the molecule is C=C[C@@H]1CCC[C@]2(C)C3CC(=O)O[C@@]3(CO)CC[C@@H]12. The Morgan fingerprint density at radius 1 is 1.47 bits per heavy atom. The van der Waals surface area contributed by atoms with E-state index in [2.05, 4.69) is 19.6 Å². The van der Waals surface area contributed by atoms with Crippen LogP contribution in [0, 0.1) is 23.2 Å². The van der Waals surface area contributed by atoms with E-state index in [1.54, 1.807) is 0 Å². The van der Waals surface area contributed by atoms with E-state index in [1.165, 1.54) is 12.8 Å². The lowest BCUT2D eigenvalue weighted by Crippen LogP contribution is -2.56. The fraction of sp³-hybridized carbons (Fsp3) is 0.812. The van der Waals surface area contributed by atoms with Crippen LogP contribution in [0.1, 0.15) is 45.4 Å². The number of esters is 1. The van der Waals surface area contributed by atoms with Gasteiger partial charge in [-0.25, -0.2) is 0 Å². The van der Waals surface area contributed by atoms with Crippen LogP contribution in [0.4, 0.5) is 0 Å². The van der Waals surface area contributed by atoms with Crippen molar-refractivity contribution in [3.05, 3.63) is 12.7 Å². The summed E-state index contributed by atoms with van der Waals surface area (Å²) in [5.41, 5.74) is -0.477. The van der Waals surface area contributed by atoms with Gasteiger partial charge in [-0.1, -0.05) is 19.4 Å². The number of rotatable bonds is 2. The summed E-state index contributed by atoms with van der Waals surface area (Å²) in [6, 6.07) is 0. The summed E-state index contributed by atoms with van der Waals surface area (Å²) in [5, 5.41) is 9.80. The summed E-state index contributed by atoms with van der Waals surface area (Å²) >= 11 is 0. The number of hydrogen-bond acceptors (Lipinski definition) is 3. The monoisotopic (exact) mass is 264 g/mol. The Labute approximate surface area is 115 Å². The largest absolute Gasteiger partial charge is 0.456 e. The van der Waals surface area contributed by atoms with Crippen LogP contribution in [0.25, 0.3) is 0 Å². The Balaban J connectivity index is 1.98. The van der Waals surface area contributed by atoms with E-state index in [0.29, 0.717) is 18.3 Å². The molecule has 0 aromatic heterocycles. The Hall–Kier alpha value is -0.830. The maximum atomic E-state index is 11.8. The zero-order valence-corrected chi connectivity index (χ0v) is 11.7. The zero-order chi connectivity index (χ0) is 13.7. The smallest absolute Gasteiger partial charge is 0.306 e. The van der Waals surface area contributed by atoms with E-state index < -0.39 is 5.60 Å². The second-order valence-electron chi connectivity index (χ2n) is 6.90. The third kappa shape index (κ3) is 1.70. The van der Waals surface area contributed by atoms with Crippen molar-refractivity contribution >= 4 is 5.97 Å². The Morgan fingerprint density at radius 3 is 2.95 bits per heavy atom. The van der Waals surface area contributed by atoms with Crippen LogP contribution in [0.3, 0.4) is 0 Å². The molecule has 3 heteroatoms. The van der Waals surface area contributed by atoms with Crippen molar-refractivity contribution in [2.75, 3.05) is 6.61 Å². The molecule has 1 N–H and O–H groups in total. The second kappa shape index (κ2) is 4.34. The maximum absolute atomic E-state index is 11.8. The molecule has 0 radical (unpaired) electrons. The third-order valence-corrected chi connectivity index (χ3v) is 6.18. The standard InChI is InChI=1S/C16H24O3/c1-3-11-5-4-7-15(2)12(11)6-8-16(10-17)13(15)9-14(18)19-16/h3,11-13,17H,1,4-10H2,2H3/t11-,12+,13?,15+,16-/m1/s1. The van der Waals surface area contributed by atoms with Gasteiger partial charge in [0.15, 0.2) is 0 Å². The number of aliphatic hydroxyl groups is 1. The Morgan fingerprint density at radius 2 is 2.26 bits per heavy atom. The topological polar surface area (TPSA) is 46.5 Å². The predicted octanol–water partition coefficient (Wildman–Crippen LogP) is 2.68. The highest BCUT2D eigenvalue weighted by Gasteiger charge is 2.62. The minimum atomic E-state index is -0.592. The number of aliphatic hydroxyl groups excluding tert-OH is 1. The van der Waals surface area contributed by atoms with Gasteiger partial charge < -0.3 is 9.84 Å². The minimum Gasteiger partial charge on any atom is -0.456 e. The predicted molar refractivity (Wildman–Crippen MR) is 72.4 cm³/mol. The van der Waals surface area contributed by atoms with Gasteiger partial charge in [-0.15, -0.1) is 6.58 Å². The molecule has 19 heavy (non-hydrogen) atoms. The highest BCUT2D eigenvalue weighted by Crippen LogP contribution is 2.62. The molecule has 0 aromatic carbocycles. The van der Waals surface area contributed by atoms with Crippen molar-refractivity contribution in [2.45, 2.75) is 51.0 Å². The number of ether oxygens (including phenoxy) is 1. The number of carbonyl (C=O) groups excluding carboxylic acids is 1.